The van der Waals surface area contributed by atoms with Gasteiger partial charge in [-0.3, -0.25) is 9.48 Å². The number of hydrogen-bond donors (Lipinski definition) is 1. The first kappa shape index (κ1) is 20.8. The van der Waals surface area contributed by atoms with Gasteiger partial charge < -0.3 is 14.8 Å². The zero-order valence-electron chi connectivity index (χ0n) is 17.3. The van der Waals surface area contributed by atoms with E-state index in [1.165, 1.54) is 0 Å². The van der Waals surface area contributed by atoms with Crippen LogP contribution in [0.2, 0.25) is 0 Å². The van der Waals surface area contributed by atoms with Gasteiger partial charge in [0.25, 0.3) is 0 Å². The van der Waals surface area contributed by atoms with Crippen LogP contribution in [0.1, 0.15) is 36.4 Å². The number of nitrogens with one attached hydrogen (secondary N) is 1. The van der Waals surface area contributed by atoms with Crippen LogP contribution >= 0.6 is 0 Å². The first-order valence-corrected chi connectivity index (χ1v) is 9.36. The Morgan fingerprint density at radius 2 is 1.89 bits per heavy atom. The van der Waals surface area contributed by atoms with E-state index in [9.17, 15) is 4.79 Å². The van der Waals surface area contributed by atoms with Crippen molar-refractivity contribution in [3.8, 4) is 11.5 Å². The number of ether oxygens (including phenoxy) is 2. The van der Waals surface area contributed by atoms with E-state index >= 15 is 0 Å². The van der Waals surface area contributed by atoms with Crippen LogP contribution in [0.4, 0.5) is 0 Å². The lowest BCUT2D eigenvalue weighted by molar-refractivity contribution is -0.120. The maximum absolute atomic E-state index is 12.4. The number of methoxy groups -OCH3 is 2. The van der Waals surface area contributed by atoms with E-state index < -0.39 is 0 Å². The molecule has 1 amide bonds. The molecule has 0 radical (unpaired) electrons. The summed E-state index contributed by atoms with van der Waals surface area (Å²) in [5.74, 6) is 1.94. The van der Waals surface area contributed by atoms with Crippen LogP contribution in [-0.2, 0) is 24.2 Å². The molecule has 6 heteroatoms. The van der Waals surface area contributed by atoms with E-state index in [0.717, 1.165) is 35.5 Å². The molecular formula is C21H31N3O3. The first-order chi connectivity index (χ1) is 12.8. The SMILES string of the molecule is COc1ccc(CCNC(=O)Cc2c(C)nn(CC(C)C)c2C)cc1OC. The average Bonchev–Trinajstić information content (AvgIpc) is 2.88. The van der Waals surface area contributed by atoms with Gasteiger partial charge in [0.2, 0.25) is 5.91 Å². The molecule has 0 aliphatic carbocycles. The Hall–Kier alpha value is -2.50. The van der Waals surface area contributed by atoms with E-state index in [1.54, 1.807) is 14.2 Å². The van der Waals surface area contributed by atoms with Gasteiger partial charge in [0, 0.05) is 24.3 Å². The molecule has 0 spiro atoms. The van der Waals surface area contributed by atoms with Crippen molar-refractivity contribution < 1.29 is 14.3 Å². The van der Waals surface area contributed by atoms with E-state index in [2.05, 4.69) is 24.3 Å². The summed E-state index contributed by atoms with van der Waals surface area (Å²) in [6.45, 7) is 9.78. The standard InChI is InChI=1S/C21H31N3O3/c1-14(2)13-24-16(4)18(15(3)23-24)12-21(25)22-10-9-17-7-8-19(26-5)20(11-17)27-6/h7-8,11,14H,9-10,12-13H2,1-6H3,(H,22,25). The molecule has 2 rings (SSSR count). The molecule has 27 heavy (non-hydrogen) atoms. The Morgan fingerprint density at radius 1 is 1.19 bits per heavy atom. The lowest BCUT2D eigenvalue weighted by Crippen LogP contribution is -2.27. The second kappa shape index (κ2) is 9.44. The predicted octanol–water partition coefficient (Wildman–Crippen LogP) is 3.07. The lowest BCUT2D eigenvalue weighted by atomic mass is 10.1. The van der Waals surface area contributed by atoms with Gasteiger partial charge in [0.15, 0.2) is 11.5 Å². The van der Waals surface area contributed by atoms with E-state index in [-0.39, 0.29) is 5.91 Å². The third-order valence-corrected chi connectivity index (χ3v) is 4.59. The molecule has 0 aliphatic heterocycles. The number of amides is 1. The van der Waals surface area contributed by atoms with Gasteiger partial charge in [-0.25, -0.2) is 0 Å². The highest BCUT2D eigenvalue weighted by Crippen LogP contribution is 2.27. The number of carbonyl (C=O) groups is 1. The maximum Gasteiger partial charge on any atom is 0.224 e. The fraction of sp³-hybridized carbons (Fsp3) is 0.524. The van der Waals surface area contributed by atoms with Crippen molar-refractivity contribution in [2.24, 2.45) is 5.92 Å². The van der Waals surface area contributed by atoms with Gasteiger partial charge in [-0.2, -0.15) is 5.10 Å². The van der Waals surface area contributed by atoms with Gasteiger partial charge in [0.1, 0.15) is 0 Å². The number of benzene rings is 1. The molecule has 0 saturated carbocycles. The molecule has 148 valence electrons. The molecule has 0 atom stereocenters. The molecule has 0 bridgehead atoms. The minimum atomic E-state index is 0.0192. The van der Waals surface area contributed by atoms with Crippen LogP contribution in [0.5, 0.6) is 11.5 Å². The monoisotopic (exact) mass is 373 g/mol. The molecule has 1 heterocycles. The molecule has 0 fully saturated rings. The smallest absolute Gasteiger partial charge is 0.224 e. The maximum atomic E-state index is 12.4. The molecule has 6 nitrogen and oxygen atoms in total. The zero-order valence-corrected chi connectivity index (χ0v) is 17.3. The van der Waals surface area contributed by atoms with Crippen molar-refractivity contribution in [3.05, 3.63) is 40.7 Å². The number of nitrogens with zero attached hydrogens (tertiary/aromatic N) is 2. The molecule has 0 aliphatic rings. The minimum absolute atomic E-state index is 0.0192. The number of aromatic nitrogens is 2. The summed E-state index contributed by atoms with van der Waals surface area (Å²) in [7, 11) is 3.23. The Kier molecular flexibility index (Phi) is 7.28. The van der Waals surface area contributed by atoms with Gasteiger partial charge >= 0.3 is 0 Å². The Morgan fingerprint density at radius 3 is 2.52 bits per heavy atom. The second-order valence-electron chi connectivity index (χ2n) is 7.19. The highest BCUT2D eigenvalue weighted by Gasteiger charge is 2.15. The summed E-state index contributed by atoms with van der Waals surface area (Å²) in [5.41, 5.74) is 4.13. The summed E-state index contributed by atoms with van der Waals surface area (Å²) in [5, 5.41) is 7.58. The van der Waals surface area contributed by atoms with Crippen LogP contribution in [0.3, 0.4) is 0 Å². The number of hydrogen-bond acceptors (Lipinski definition) is 4. The topological polar surface area (TPSA) is 65.4 Å². The van der Waals surface area contributed by atoms with Crippen molar-refractivity contribution in [3.63, 3.8) is 0 Å². The molecule has 1 N–H and O–H groups in total. The van der Waals surface area contributed by atoms with Crippen LogP contribution in [-0.4, -0.2) is 36.5 Å². The van der Waals surface area contributed by atoms with Crippen LogP contribution in [0.15, 0.2) is 18.2 Å². The van der Waals surface area contributed by atoms with Crippen molar-refractivity contribution in [2.45, 2.75) is 47.1 Å². The lowest BCUT2D eigenvalue weighted by Gasteiger charge is -2.10. The van der Waals surface area contributed by atoms with Crippen molar-refractivity contribution in [1.29, 1.82) is 0 Å². The van der Waals surface area contributed by atoms with Gasteiger partial charge in [0.05, 0.1) is 26.3 Å². The van der Waals surface area contributed by atoms with E-state index in [1.807, 2.05) is 36.7 Å². The number of aryl methyl sites for hydroxylation is 1. The van der Waals surface area contributed by atoms with Crippen LogP contribution in [0.25, 0.3) is 0 Å². The normalized spacial score (nSPS) is 10.9. The Bertz CT molecular complexity index is 781. The minimum Gasteiger partial charge on any atom is -0.493 e. The second-order valence-corrected chi connectivity index (χ2v) is 7.19. The first-order valence-electron chi connectivity index (χ1n) is 9.36. The highest BCUT2D eigenvalue weighted by atomic mass is 16.5. The summed E-state index contributed by atoms with van der Waals surface area (Å²) in [4.78, 5) is 12.4. The highest BCUT2D eigenvalue weighted by molar-refractivity contribution is 5.79. The molecule has 1 aromatic heterocycles. The summed E-state index contributed by atoms with van der Waals surface area (Å²) < 4.78 is 12.6. The number of rotatable bonds is 9. The summed E-state index contributed by atoms with van der Waals surface area (Å²) in [6.07, 6.45) is 1.10. The largest absolute Gasteiger partial charge is 0.493 e. The van der Waals surface area contributed by atoms with Gasteiger partial charge in [-0.15, -0.1) is 0 Å². The fourth-order valence-electron chi connectivity index (χ4n) is 3.12. The Balaban J connectivity index is 1.91. The number of carbonyl (C=O) groups excluding carboxylic acids is 1. The quantitative estimate of drug-likeness (QED) is 0.734. The van der Waals surface area contributed by atoms with Crippen LogP contribution in [0, 0.1) is 19.8 Å². The zero-order chi connectivity index (χ0) is 20.0. The van der Waals surface area contributed by atoms with Crippen molar-refractivity contribution in [1.82, 2.24) is 15.1 Å². The molecular weight excluding hydrogens is 342 g/mol. The van der Waals surface area contributed by atoms with Gasteiger partial charge in [-0.1, -0.05) is 19.9 Å². The molecule has 0 saturated heterocycles. The predicted molar refractivity (Wildman–Crippen MR) is 107 cm³/mol. The molecule has 1 aromatic carbocycles. The third kappa shape index (κ3) is 5.49. The fourth-order valence-corrected chi connectivity index (χ4v) is 3.12. The van der Waals surface area contributed by atoms with E-state index in [4.69, 9.17) is 9.47 Å². The van der Waals surface area contributed by atoms with Crippen LogP contribution < -0.4 is 14.8 Å². The molecule has 0 unspecified atom stereocenters. The molecule has 2 aromatic rings. The summed E-state index contributed by atoms with van der Waals surface area (Å²) >= 11 is 0. The van der Waals surface area contributed by atoms with Gasteiger partial charge in [-0.05, 0) is 43.9 Å². The third-order valence-electron chi connectivity index (χ3n) is 4.59. The van der Waals surface area contributed by atoms with Crippen molar-refractivity contribution >= 4 is 5.91 Å². The Labute approximate surface area is 161 Å². The van der Waals surface area contributed by atoms with E-state index in [0.29, 0.717) is 30.4 Å². The van der Waals surface area contributed by atoms with Crippen molar-refractivity contribution in [2.75, 3.05) is 20.8 Å². The summed E-state index contributed by atoms with van der Waals surface area (Å²) in [6, 6.07) is 5.80. The average molecular weight is 373 g/mol.